The Morgan fingerprint density at radius 1 is 0.879 bits per heavy atom. The lowest BCUT2D eigenvalue weighted by atomic mass is 10.1. The van der Waals surface area contributed by atoms with Crippen LogP contribution >= 0.6 is 0 Å². The lowest BCUT2D eigenvalue weighted by molar-refractivity contribution is -0.137. The molecule has 0 radical (unpaired) electrons. The highest BCUT2D eigenvalue weighted by atomic mass is 19.4. The predicted octanol–water partition coefficient (Wildman–Crippen LogP) is 6.46. The molecule has 1 aliphatic heterocycles. The molecule has 0 spiro atoms. The van der Waals surface area contributed by atoms with E-state index in [1.807, 2.05) is 30.3 Å². The first-order valence-electron chi connectivity index (χ1n) is 11.1. The Morgan fingerprint density at radius 2 is 1.58 bits per heavy atom. The van der Waals surface area contributed by atoms with Gasteiger partial charge in [0.05, 0.1) is 5.56 Å². The molecule has 0 saturated carbocycles. The molecule has 0 aromatic heterocycles. The predicted molar refractivity (Wildman–Crippen MR) is 124 cm³/mol. The summed E-state index contributed by atoms with van der Waals surface area (Å²) in [7, 11) is 0. The van der Waals surface area contributed by atoms with Crippen LogP contribution in [0.1, 0.15) is 40.7 Å². The molecule has 0 bridgehead atoms. The van der Waals surface area contributed by atoms with Crippen molar-refractivity contribution in [3.05, 3.63) is 101 Å². The minimum atomic E-state index is -4.33. The molecule has 0 atom stereocenters. The normalized spacial score (nSPS) is 15.0. The fourth-order valence-electron chi connectivity index (χ4n) is 3.96. The van der Waals surface area contributed by atoms with Gasteiger partial charge in [-0.3, -0.25) is 4.90 Å². The second-order valence-electron chi connectivity index (χ2n) is 8.44. The van der Waals surface area contributed by atoms with Gasteiger partial charge in [0.1, 0.15) is 11.9 Å². The number of alkyl halides is 3. The van der Waals surface area contributed by atoms with Gasteiger partial charge in [-0.1, -0.05) is 36.1 Å². The Morgan fingerprint density at radius 3 is 2.27 bits per heavy atom. The molecule has 0 unspecified atom stereocenters. The van der Waals surface area contributed by atoms with Crippen molar-refractivity contribution in [1.29, 1.82) is 0 Å². The molecule has 4 rings (SSSR count). The van der Waals surface area contributed by atoms with Crippen molar-refractivity contribution < 1.29 is 17.9 Å². The van der Waals surface area contributed by atoms with Gasteiger partial charge < -0.3 is 4.74 Å². The molecule has 0 aliphatic carbocycles. The first kappa shape index (κ1) is 22.9. The molecule has 3 aromatic rings. The monoisotopic (exact) mass is 449 g/mol. The minimum absolute atomic E-state index is 0.240. The SMILES string of the molecule is Cc1cccc(OC2CCN(Cc3cccc(C#Cc4ccc(C(F)(F)F)cc4)c3)CC2)c1. The van der Waals surface area contributed by atoms with Crippen LogP contribution in [0.4, 0.5) is 13.2 Å². The van der Waals surface area contributed by atoms with Gasteiger partial charge in [0, 0.05) is 30.8 Å². The summed E-state index contributed by atoms with van der Waals surface area (Å²) < 4.78 is 44.2. The van der Waals surface area contributed by atoms with E-state index in [1.54, 1.807) is 0 Å². The van der Waals surface area contributed by atoms with Crippen LogP contribution in [-0.4, -0.2) is 24.1 Å². The molecule has 0 amide bonds. The molecule has 1 saturated heterocycles. The van der Waals surface area contributed by atoms with Crippen LogP contribution < -0.4 is 4.74 Å². The van der Waals surface area contributed by atoms with E-state index in [0.29, 0.717) is 5.56 Å². The van der Waals surface area contributed by atoms with E-state index in [-0.39, 0.29) is 6.10 Å². The molecular formula is C28H26F3NO. The zero-order valence-electron chi connectivity index (χ0n) is 18.5. The van der Waals surface area contributed by atoms with Crippen molar-refractivity contribution in [2.24, 2.45) is 0 Å². The number of nitrogens with zero attached hydrogens (tertiary/aromatic N) is 1. The molecule has 2 nitrogen and oxygen atoms in total. The maximum absolute atomic E-state index is 12.7. The van der Waals surface area contributed by atoms with Crippen LogP contribution in [-0.2, 0) is 12.7 Å². The van der Waals surface area contributed by atoms with Crippen LogP contribution in [0.15, 0.2) is 72.8 Å². The maximum Gasteiger partial charge on any atom is 0.416 e. The Kier molecular flexibility index (Phi) is 7.05. The standard InChI is InChI=1S/C28H26F3NO/c1-21-4-2-7-27(18-21)33-26-14-16-32(17-15-26)20-24-6-3-5-23(19-24)9-8-22-10-12-25(13-11-22)28(29,30)31/h2-7,10-13,18-19,26H,14-17,20H2,1H3. The van der Waals surface area contributed by atoms with Crippen LogP contribution in [0.25, 0.3) is 0 Å². The third-order valence-electron chi connectivity index (χ3n) is 5.72. The quantitative estimate of drug-likeness (QED) is 0.424. The highest BCUT2D eigenvalue weighted by Gasteiger charge is 2.29. The fourth-order valence-corrected chi connectivity index (χ4v) is 3.96. The molecule has 1 fully saturated rings. The number of hydrogen-bond acceptors (Lipinski definition) is 2. The molecule has 5 heteroatoms. The van der Waals surface area contributed by atoms with Gasteiger partial charge in [-0.25, -0.2) is 0 Å². The molecule has 0 N–H and O–H groups in total. The summed E-state index contributed by atoms with van der Waals surface area (Å²) in [6.45, 7) is 4.85. The Hall–Kier alpha value is -3.23. The molecule has 33 heavy (non-hydrogen) atoms. The molecule has 170 valence electrons. The zero-order chi connectivity index (χ0) is 23.3. The number of halogens is 3. The van der Waals surface area contributed by atoms with Crippen molar-refractivity contribution in [3.63, 3.8) is 0 Å². The number of likely N-dealkylation sites (tertiary alicyclic amines) is 1. The van der Waals surface area contributed by atoms with Crippen LogP contribution in [0.2, 0.25) is 0 Å². The average Bonchev–Trinajstić information content (AvgIpc) is 2.79. The highest BCUT2D eigenvalue weighted by molar-refractivity contribution is 5.44. The van der Waals surface area contributed by atoms with Crippen LogP contribution in [0, 0.1) is 18.8 Å². The van der Waals surface area contributed by atoms with Gasteiger partial charge in [-0.2, -0.15) is 13.2 Å². The summed E-state index contributed by atoms with van der Waals surface area (Å²) >= 11 is 0. The summed E-state index contributed by atoms with van der Waals surface area (Å²) in [4.78, 5) is 2.42. The van der Waals surface area contributed by atoms with Crippen molar-refractivity contribution in [2.75, 3.05) is 13.1 Å². The smallest absolute Gasteiger partial charge is 0.416 e. The maximum atomic E-state index is 12.7. The number of aryl methyl sites for hydroxylation is 1. The number of rotatable bonds is 4. The van der Waals surface area contributed by atoms with E-state index in [9.17, 15) is 13.2 Å². The van der Waals surface area contributed by atoms with Crippen LogP contribution in [0.5, 0.6) is 5.75 Å². The van der Waals surface area contributed by atoms with E-state index < -0.39 is 11.7 Å². The van der Waals surface area contributed by atoms with Crippen molar-refractivity contribution >= 4 is 0 Å². The number of benzene rings is 3. The van der Waals surface area contributed by atoms with E-state index in [4.69, 9.17) is 4.74 Å². The lowest BCUT2D eigenvalue weighted by Crippen LogP contribution is -2.37. The van der Waals surface area contributed by atoms with Crippen molar-refractivity contribution in [3.8, 4) is 17.6 Å². The van der Waals surface area contributed by atoms with Gasteiger partial charge in [0.25, 0.3) is 0 Å². The summed E-state index contributed by atoms with van der Waals surface area (Å²) in [5, 5.41) is 0. The van der Waals surface area contributed by atoms with Crippen molar-refractivity contribution in [2.45, 2.75) is 38.6 Å². The first-order valence-corrected chi connectivity index (χ1v) is 11.1. The largest absolute Gasteiger partial charge is 0.490 e. The van der Waals surface area contributed by atoms with E-state index in [1.165, 1.54) is 23.3 Å². The summed E-state index contributed by atoms with van der Waals surface area (Å²) in [5.74, 6) is 6.96. The van der Waals surface area contributed by atoms with Gasteiger partial charge in [0.15, 0.2) is 0 Å². The van der Waals surface area contributed by atoms with Gasteiger partial charge in [0.2, 0.25) is 0 Å². The Labute approximate surface area is 193 Å². The number of hydrogen-bond donors (Lipinski definition) is 0. The Bertz CT molecular complexity index is 1130. The van der Waals surface area contributed by atoms with Gasteiger partial charge in [-0.05, 0) is 79.4 Å². The summed E-state index contributed by atoms with van der Waals surface area (Å²) in [6, 6.07) is 21.1. The second kappa shape index (κ2) is 10.1. The fraction of sp³-hybridized carbons (Fsp3) is 0.286. The zero-order valence-corrected chi connectivity index (χ0v) is 18.5. The van der Waals surface area contributed by atoms with Crippen molar-refractivity contribution in [1.82, 2.24) is 4.90 Å². The highest BCUT2D eigenvalue weighted by Crippen LogP contribution is 2.29. The first-order chi connectivity index (χ1) is 15.8. The topological polar surface area (TPSA) is 12.5 Å². The van der Waals surface area contributed by atoms with E-state index in [0.717, 1.165) is 55.9 Å². The molecular weight excluding hydrogens is 423 g/mol. The number of ether oxygens (including phenoxy) is 1. The Balaban J connectivity index is 1.31. The summed E-state index contributed by atoms with van der Waals surface area (Å²) in [5.41, 5.74) is 3.12. The third kappa shape index (κ3) is 6.63. The van der Waals surface area contributed by atoms with Crippen LogP contribution in [0.3, 0.4) is 0 Å². The molecule has 1 aliphatic rings. The third-order valence-corrected chi connectivity index (χ3v) is 5.72. The van der Waals surface area contributed by atoms with E-state index >= 15 is 0 Å². The minimum Gasteiger partial charge on any atom is -0.490 e. The average molecular weight is 450 g/mol. The molecule has 1 heterocycles. The lowest BCUT2D eigenvalue weighted by Gasteiger charge is -2.32. The van der Waals surface area contributed by atoms with E-state index in [2.05, 4.69) is 41.9 Å². The van der Waals surface area contributed by atoms with Gasteiger partial charge in [-0.15, -0.1) is 0 Å². The molecule has 3 aromatic carbocycles. The second-order valence-corrected chi connectivity index (χ2v) is 8.44. The number of piperidine rings is 1. The summed E-state index contributed by atoms with van der Waals surface area (Å²) in [6.07, 6.45) is -2.12. The van der Waals surface area contributed by atoms with Gasteiger partial charge >= 0.3 is 6.18 Å².